The first-order valence-corrected chi connectivity index (χ1v) is 8.87. The second-order valence-electron chi connectivity index (χ2n) is 4.17. The van der Waals surface area contributed by atoms with Crippen molar-refractivity contribution < 1.29 is 16.8 Å². The van der Waals surface area contributed by atoms with Crippen LogP contribution in [0.5, 0.6) is 0 Å². The molecule has 0 aliphatic rings. The summed E-state index contributed by atoms with van der Waals surface area (Å²) in [7, 11) is -7.32. The molecule has 8 nitrogen and oxygen atoms in total. The van der Waals surface area contributed by atoms with Crippen LogP contribution in [0.2, 0.25) is 0 Å². The van der Waals surface area contributed by atoms with Gasteiger partial charge in [0.2, 0.25) is 20.0 Å². The maximum Gasteiger partial charge on any atom is 0.240 e. The van der Waals surface area contributed by atoms with Crippen molar-refractivity contribution in [2.45, 2.75) is 9.79 Å². The van der Waals surface area contributed by atoms with Gasteiger partial charge in [-0.3, -0.25) is 0 Å². The van der Waals surface area contributed by atoms with Gasteiger partial charge >= 0.3 is 0 Å². The Morgan fingerprint density at radius 2 is 0.864 bits per heavy atom. The zero-order valence-electron chi connectivity index (χ0n) is 11.4. The number of benzene rings is 2. The molecule has 0 aliphatic heterocycles. The second-order valence-corrected chi connectivity index (χ2v) is 7.23. The van der Waals surface area contributed by atoms with Crippen molar-refractivity contribution in [2.24, 2.45) is 10.3 Å². The third-order valence-electron chi connectivity index (χ3n) is 2.45. The molecule has 0 unspecified atom stereocenters. The van der Waals surface area contributed by atoms with E-state index in [0.29, 0.717) is 0 Å². The molecule has 0 aromatic heterocycles. The highest BCUT2D eigenvalue weighted by molar-refractivity contribution is 7.89. The minimum atomic E-state index is -3.66. The molecule has 2 aromatic rings. The first kappa shape index (κ1) is 17.9. The predicted octanol–water partition coefficient (Wildman–Crippen LogP) is -0.168. The predicted molar refractivity (Wildman–Crippen MR) is 84.5 cm³/mol. The van der Waals surface area contributed by atoms with Crippen molar-refractivity contribution in [1.82, 2.24) is 0 Å². The largest absolute Gasteiger partial charge is 0.398 e. The average molecular weight is 344 g/mol. The fourth-order valence-electron chi connectivity index (χ4n) is 1.48. The molecular formula is C12H16N4O4S2. The molecule has 0 amide bonds. The lowest BCUT2D eigenvalue weighted by atomic mass is 10.3. The Bertz CT molecular complexity index is 791. The third kappa shape index (κ3) is 5.00. The van der Waals surface area contributed by atoms with Gasteiger partial charge in [0, 0.05) is 0 Å². The summed E-state index contributed by atoms with van der Waals surface area (Å²) in [6.07, 6.45) is 0. The second kappa shape index (κ2) is 6.75. The van der Waals surface area contributed by atoms with Gasteiger partial charge in [-0.05, 0) is 24.3 Å². The van der Waals surface area contributed by atoms with E-state index in [1.807, 2.05) is 0 Å². The standard InChI is InChI=1S/2C6H8N2O2S/c2*7-5-3-1-2-4-6(5)11(8,9)10/h2*1-4H,7H2,(H2,8,9,10). The molecule has 0 spiro atoms. The van der Waals surface area contributed by atoms with Crippen LogP contribution in [0.25, 0.3) is 0 Å². The Labute approximate surface area is 128 Å². The molecule has 0 aliphatic carbocycles. The monoisotopic (exact) mass is 344 g/mol. The molecule has 0 radical (unpaired) electrons. The van der Waals surface area contributed by atoms with Gasteiger partial charge < -0.3 is 11.5 Å². The van der Waals surface area contributed by atoms with Gasteiger partial charge in [0.1, 0.15) is 9.79 Å². The Hall–Kier alpha value is -2.14. The molecule has 0 bridgehead atoms. The van der Waals surface area contributed by atoms with E-state index in [4.69, 9.17) is 21.7 Å². The highest BCUT2D eigenvalue weighted by Gasteiger charge is 2.10. The maximum absolute atomic E-state index is 10.8. The minimum Gasteiger partial charge on any atom is -0.398 e. The van der Waals surface area contributed by atoms with E-state index < -0.39 is 20.0 Å². The van der Waals surface area contributed by atoms with Crippen LogP contribution in [0, 0.1) is 0 Å². The lowest BCUT2D eigenvalue weighted by Crippen LogP contribution is -2.13. The highest BCUT2D eigenvalue weighted by Crippen LogP contribution is 2.15. The van der Waals surface area contributed by atoms with Crippen LogP contribution in [0.3, 0.4) is 0 Å². The van der Waals surface area contributed by atoms with Crippen LogP contribution in [-0.2, 0) is 20.0 Å². The first-order chi connectivity index (χ1) is 10.0. The Balaban J connectivity index is 0.000000220. The van der Waals surface area contributed by atoms with Crippen LogP contribution in [0.15, 0.2) is 58.3 Å². The zero-order valence-corrected chi connectivity index (χ0v) is 13.0. The number of nitrogens with two attached hydrogens (primary N) is 4. The van der Waals surface area contributed by atoms with Gasteiger partial charge in [0.05, 0.1) is 11.4 Å². The van der Waals surface area contributed by atoms with Crippen molar-refractivity contribution >= 4 is 31.4 Å². The number of anilines is 2. The summed E-state index contributed by atoms with van der Waals surface area (Å²) in [4.78, 5) is -0.0556. The van der Waals surface area contributed by atoms with E-state index in [1.165, 1.54) is 24.3 Å². The van der Waals surface area contributed by atoms with E-state index in [2.05, 4.69) is 0 Å². The van der Waals surface area contributed by atoms with Crippen molar-refractivity contribution in [2.75, 3.05) is 11.5 Å². The highest BCUT2D eigenvalue weighted by atomic mass is 32.2. The SMILES string of the molecule is Nc1ccccc1S(N)(=O)=O.Nc1ccccc1S(N)(=O)=O. The normalized spacial score (nSPS) is 11.4. The summed E-state index contributed by atoms with van der Waals surface area (Å²) >= 11 is 0. The molecule has 0 saturated carbocycles. The molecule has 2 rings (SSSR count). The quantitative estimate of drug-likeness (QED) is 0.550. The van der Waals surface area contributed by atoms with Crippen LogP contribution < -0.4 is 21.7 Å². The summed E-state index contributed by atoms with van der Waals surface area (Å²) in [6.45, 7) is 0. The van der Waals surface area contributed by atoms with Gasteiger partial charge in [-0.25, -0.2) is 27.1 Å². The Morgan fingerprint density at radius 1 is 0.591 bits per heavy atom. The molecule has 22 heavy (non-hydrogen) atoms. The summed E-state index contributed by atoms with van der Waals surface area (Å²) in [6, 6.07) is 12.1. The van der Waals surface area contributed by atoms with E-state index in [1.54, 1.807) is 24.3 Å². The number of nitrogen functional groups attached to an aromatic ring is 2. The van der Waals surface area contributed by atoms with Crippen LogP contribution in [-0.4, -0.2) is 16.8 Å². The molecule has 8 N–H and O–H groups in total. The Kier molecular flexibility index (Phi) is 5.49. The Morgan fingerprint density at radius 3 is 1.05 bits per heavy atom. The van der Waals surface area contributed by atoms with E-state index in [9.17, 15) is 16.8 Å². The average Bonchev–Trinajstić information content (AvgIpc) is 2.37. The van der Waals surface area contributed by atoms with Crippen LogP contribution in [0.1, 0.15) is 0 Å². The summed E-state index contributed by atoms with van der Waals surface area (Å²) in [5.74, 6) is 0. The number of para-hydroxylation sites is 2. The lowest BCUT2D eigenvalue weighted by Gasteiger charge is -2.00. The number of hydrogen-bond acceptors (Lipinski definition) is 6. The number of primary sulfonamides is 2. The third-order valence-corrected chi connectivity index (χ3v) is 4.42. The van der Waals surface area contributed by atoms with Crippen LogP contribution in [0.4, 0.5) is 11.4 Å². The fraction of sp³-hybridized carbons (Fsp3) is 0. The molecule has 0 atom stereocenters. The van der Waals surface area contributed by atoms with Crippen molar-refractivity contribution in [3.8, 4) is 0 Å². The number of sulfonamides is 2. The number of hydrogen-bond donors (Lipinski definition) is 4. The first-order valence-electron chi connectivity index (χ1n) is 5.78. The van der Waals surface area contributed by atoms with Gasteiger partial charge in [0.15, 0.2) is 0 Å². The van der Waals surface area contributed by atoms with Crippen molar-refractivity contribution in [3.05, 3.63) is 48.5 Å². The van der Waals surface area contributed by atoms with Crippen molar-refractivity contribution in [1.29, 1.82) is 0 Å². The van der Waals surface area contributed by atoms with Gasteiger partial charge in [-0.15, -0.1) is 0 Å². The van der Waals surface area contributed by atoms with Gasteiger partial charge in [-0.2, -0.15) is 0 Å². The van der Waals surface area contributed by atoms with Gasteiger partial charge in [-0.1, -0.05) is 24.3 Å². The lowest BCUT2D eigenvalue weighted by molar-refractivity contribution is 0.596. The molecular weight excluding hydrogens is 328 g/mol. The summed E-state index contributed by atoms with van der Waals surface area (Å²) in [5.41, 5.74) is 11.0. The van der Waals surface area contributed by atoms with E-state index in [0.717, 1.165) is 0 Å². The molecule has 10 heteroatoms. The fourth-order valence-corrected chi connectivity index (χ4v) is 2.81. The molecule has 2 aromatic carbocycles. The number of rotatable bonds is 2. The molecule has 0 fully saturated rings. The molecule has 0 saturated heterocycles. The zero-order chi connectivity index (χ0) is 17.0. The van der Waals surface area contributed by atoms with Crippen LogP contribution >= 0.6 is 0 Å². The molecule has 120 valence electrons. The summed E-state index contributed by atoms with van der Waals surface area (Å²) < 4.78 is 43.0. The van der Waals surface area contributed by atoms with Crippen molar-refractivity contribution in [3.63, 3.8) is 0 Å². The van der Waals surface area contributed by atoms with Gasteiger partial charge in [0.25, 0.3) is 0 Å². The maximum atomic E-state index is 10.8. The smallest absolute Gasteiger partial charge is 0.240 e. The topological polar surface area (TPSA) is 172 Å². The minimum absolute atomic E-state index is 0.0278. The summed E-state index contributed by atoms with van der Waals surface area (Å²) in [5, 5.41) is 9.70. The van der Waals surface area contributed by atoms with E-state index in [-0.39, 0.29) is 21.2 Å². The molecule has 0 heterocycles. The van der Waals surface area contributed by atoms with E-state index >= 15 is 0 Å².